The first-order valence-corrected chi connectivity index (χ1v) is 12.6. The second kappa shape index (κ2) is 9.71. The summed E-state index contributed by atoms with van der Waals surface area (Å²) in [5.41, 5.74) is 0.279. The van der Waals surface area contributed by atoms with Crippen LogP contribution in [0.25, 0.3) is 0 Å². The molecule has 0 unspecified atom stereocenters. The third-order valence-electron chi connectivity index (χ3n) is 3.91. The average Bonchev–Trinajstić information content (AvgIpc) is 3.07. The highest BCUT2D eigenvalue weighted by molar-refractivity contribution is 8.01. The third-order valence-corrected chi connectivity index (χ3v) is 7.53. The van der Waals surface area contributed by atoms with E-state index in [0.717, 1.165) is 22.4 Å². The molecule has 0 spiro atoms. The smallest absolute Gasteiger partial charge is 0.271 e. The van der Waals surface area contributed by atoms with E-state index in [9.17, 15) is 23.3 Å². The number of hydrogen-bond acceptors (Lipinski definition) is 9. The molecule has 0 radical (unpaired) electrons. The van der Waals surface area contributed by atoms with Crippen LogP contribution in [0.15, 0.2) is 22.5 Å². The van der Waals surface area contributed by atoms with E-state index in [2.05, 4.69) is 29.4 Å². The first-order valence-electron chi connectivity index (χ1n) is 8.91. The Hall–Kier alpha value is -2.25. The van der Waals surface area contributed by atoms with Crippen LogP contribution in [0.4, 0.5) is 16.5 Å². The first-order chi connectivity index (χ1) is 13.9. The molecule has 1 heterocycles. The van der Waals surface area contributed by atoms with Gasteiger partial charge in [-0.2, -0.15) is 0 Å². The minimum Gasteiger partial charge on any atom is -0.299 e. The second-order valence-corrected chi connectivity index (χ2v) is 11.1. The summed E-state index contributed by atoms with van der Waals surface area (Å²) in [6, 6.07) is 2.70. The summed E-state index contributed by atoms with van der Waals surface area (Å²) >= 11 is 2.72. The van der Waals surface area contributed by atoms with Crippen molar-refractivity contribution in [3.8, 4) is 0 Å². The van der Waals surface area contributed by atoms with Gasteiger partial charge in [-0.1, -0.05) is 43.0 Å². The number of aromatic nitrogens is 2. The fourth-order valence-corrected chi connectivity index (χ4v) is 5.45. The number of nitrogens with one attached hydrogen (secondary N) is 1. The lowest BCUT2D eigenvalue weighted by molar-refractivity contribution is -0.384. The van der Waals surface area contributed by atoms with Gasteiger partial charge in [0.05, 0.1) is 16.9 Å². The van der Waals surface area contributed by atoms with Crippen LogP contribution in [0.1, 0.15) is 26.3 Å². The Morgan fingerprint density at radius 2 is 2.00 bits per heavy atom. The number of hydrogen-bond donors (Lipinski definition) is 1. The molecule has 1 atom stereocenters. The van der Waals surface area contributed by atoms with Crippen LogP contribution >= 0.6 is 23.1 Å². The molecule has 1 amide bonds. The molecule has 13 heteroatoms. The zero-order valence-electron chi connectivity index (χ0n) is 17.1. The van der Waals surface area contributed by atoms with Gasteiger partial charge in [-0.3, -0.25) is 24.5 Å². The van der Waals surface area contributed by atoms with Gasteiger partial charge in [0.25, 0.3) is 5.69 Å². The Bertz CT molecular complexity index is 1040. The van der Waals surface area contributed by atoms with Gasteiger partial charge in [-0.15, -0.1) is 10.2 Å². The average molecular weight is 474 g/mol. The molecule has 1 aromatic heterocycles. The molecular weight excluding hydrogens is 450 g/mol. The lowest BCUT2D eigenvalue weighted by Crippen LogP contribution is -2.45. The van der Waals surface area contributed by atoms with Crippen molar-refractivity contribution in [3.63, 3.8) is 0 Å². The lowest BCUT2D eigenvalue weighted by atomic mass is 10.1. The van der Waals surface area contributed by atoms with Crippen LogP contribution in [0.3, 0.4) is 0 Å². The summed E-state index contributed by atoms with van der Waals surface area (Å²) in [5.74, 6) is 0.703. The summed E-state index contributed by atoms with van der Waals surface area (Å²) in [4.78, 5) is 23.3. The molecule has 0 aliphatic carbocycles. The molecule has 0 fully saturated rings. The van der Waals surface area contributed by atoms with Crippen molar-refractivity contribution in [2.45, 2.75) is 38.1 Å². The van der Waals surface area contributed by atoms with Crippen molar-refractivity contribution in [3.05, 3.63) is 33.9 Å². The van der Waals surface area contributed by atoms with Crippen LogP contribution in [0.5, 0.6) is 0 Å². The SMILES string of the molecule is Cc1ccc([N+](=O)[O-])cc1N([C@H](C)C(=O)Nc1nnc(SCC(C)C)s1)S(C)(=O)=O. The van der Waals surface area contributed by atoms with E-state index in [4.69, 9.17) is 0 Å². The largest absolute Gasteiger partial charge is 0.299 e. The van der Waals surface area contributed by atoms with Crippen LogP contribution in [-0.4, -0.2) is 47.5 Å². The number of sulfonamides is 1. The first kappa shape index (κ1) is 24.0. The van der Waals surface area contributed by atoms with E-state index >= 15 is 0 Å². The number of benzene rings is 1. The maximum Gasteiger partial charge on any atom is 0.271 e. The van der Waals surface area contributed by atoms with E-state index in [1.807, 2.05) is 0 Å². The fraction of sp³-hybridized carbons (Fsp3) is 0.471. The second-order valence-electron chi connectivity index (χ2n) is 7.03. The maximum absolute atomic E-state index is 12.8. The Morgan fingerprint density at radius 1 is 1.33 bits per heavy atom. The molecule has 164 valence electrons. The van der Waals surface area contributed by atoms with Gasteiger partial charge < -0.3 is 0 Å². The number of thioether (sulfide) groups is 1. The molecule has 0 bridgehead atoms. The minimum atomic E-state index is -3.92. The van der Waals surface area contributed by atoms with E-state index in [1.165, 1.54) is 42.2 Å². The lowest BCUT2D eigenvalue weighted by Gasteiger charge is -2.29. The molecule has 30 heavy (non-hydrogen) atoms. The van der Waals surface area contributed by atoms with E-state index in [0.29, 0.717) is 15.8 Å². The van der Waals surface area contributed by atoms with Crippen molar-refractivity contribution in [2.24, 2.45) is 5.92 Å². The Kier molecular flexibility index (Phi) is 7.77. The third kappa shape index (κ3) is 6.12. The number of carbonyl (C=O) groups is 1. The van der Waals surface area contributed by atoms with Crippen molar-refractivity contribution in [2.75, 3.05) is 21.6 Å². The number of amides is 1. The molecule has 1 aromatic carbocycles. The summed E-state index contributed by atoms with van der Waals surface area (Å²) in [6.07, 6.45) is 0.945. The van der Waals surface area contributed by atoms with Crippen LogP contribution in [0, 0.1) is 23.0 Å². The van der Waals surface area contributed by atoms with Gasteiger partial charge >= 0.3 is 0 Å². The summed E-state index contributed by atoms with van der Waals surface area (Å²) in [5, 5.41) is 21.9. The van der Waals surface area contributed by atoms with Gasteiger partial charge in [0.1, 0.15) is 6.04 Å². The number of nitro groups is 1. The van der Waals surface area contributed by atoms with Crippen LogP contribution in [-0.2, 0) is 14.8 Å². The molecule has 2 aromatic rings. The number of nitrogens with zero attached hydrogens (tertiary/aromatic N) is 4. The monoisotopic (exact) mass is 473 g/mol. The van der Waals surface area contributed by atoms with Crippen molar-refractivity contribution < 1.29 is 18.1 Å². The number of aryl methyl sites for hydroxylation is 1. The van der Waals surface area contributed by atoms with Crippen molar-refractivity contribution in [1.29, 1.82) is 0 Å². The number of carbonyl (C=O) groups excluding carboxylic acids is 1. The quantitative estimate of drug-likeness (QED) is 0.254. The number of rotatable bonds is 9. The van der Waals surface area contributed by atoms with Crippen LogP contribution in [0.2, 0.25) is 0 Å². The summed E-state index contributed by atoms with van der Waals surface area (Å²) < 4.78 is 26.5. The zero-order valence-corrected chi connectivity index (χ0v) is 19.6. The van der Waals surface area contributed by atoms with Gasteiger partial charge in [0, 0.05) is 17.9 Å². The highest BCUT2D eigenvalue weighted by Crippen LogP contribution is 2.30. The van der Waals surface area contributed by atoms with Gasteiger partial charge in [-0.05, 0) is 25.3 Å². The maximum atomic E-state index is 12.8. The number of anilines is 2. The molecule has 0 saturated heterocycles. The minimum absolute atomic E-state index is 0.0693. The molecule has 0 aliphatic rings. The predicted molar refractivity (Wildman–Crippen MR) is 119 cm³/mol. The molecule has 0 aliphatic heterocycles. The molecule has 2 rings (SSSR count). The predicted octanol–water partition coefficient (Wildman–Crippen LogP) is 3.30. The van der Waals surface area contributed by atoms with Crippen molar-refractivity contribution in [1.82, 2.24) is 10.2 Å². The highest BCUT2D eigenvalue weighted by atomic mass is 32.2. The van der Waals surface area contributed by atoms with Crippen LogP contribution < -0.4 is 9.62 Å². The normalized spacial score (nSPS) is 12.6. The molecular formula is C17H23N5O5S3. The molecule has 1 N–H and O–H groups in total. The Labute approximate surface area is 183 Å². The fourth-order valence-electron chi connectivity index (χ4n) is 2.50. The summed E-state index contributed by atoms with van der Waals surface area (Å²) in [6.45, 7) is 7.18. The highest BCUT2D eigenvalue weighted by Gasteiger charge is 2.31. The number of non-ortho nitro benzene ring substituents is 1. The number of nitro benzene ring substituents is 1. The molecule has 10 nitrogen and oxygen atoms in total. The Morgan fingerprint density at radius 3 is 2.57 bits per heavy atom. The zero-order chi connectivity index (χ0) is 22.6. The summed E-state index contributed by atoms with van der Waals surface area (Å²) in [7, 11) is -3.92. The van der Waals surface area contributed by atoms with Crippen molar-refractivity contribution >= 4 is 55.5 Å². The molecule has 0 saturated carbocycles. The topological polar surface area (TPSA) is 135 Å². The van der Waals surface area contributed by atoms with E-state index < -0.39 is 26.9 Å². The van der Waals surface area contributed by atoms with Gasteiger partial charge in [0.2, 0.25) is 21.1 Å². The van der Waals surface area contributed by atoms with Gasteiger partial charge in [-0.25, -0.2) is 8.42 Å². The van der Waals surface area contributed by atoms with Gasteiger partial charge in [0.15, 0.2) is 4.34 Å². The van der Waals surface area contributed by atoms with E-state index in [-0.39, 0.29) is 16.5 Å². The standard InChI is InChI=1S/C17H23N5O5S3/c1-10(2)9-28-17-20-19-16(29-17)18-15(23)12(4)21(30(5,26)27)14-8-13(22(24)25)7-6-11(14)3/h6-8,10,12H,9H2,1-5H3,(H,18,19,23)/t12-/m1/s1. The van der Waals surface area contributed by atoms with E-state index in [1.54, 1.807) is 6.92 Å². The Balaban J connectivity index is 2.28.